The smallest absolute Gasteiger partial charge is 0.340 e. The molecule has 0 aliphatic heterocycles. The Hall–Kier alpha value is -1.42. The van der Waals surface area contributed by atoms with E-state index < -0.39 is 19.4 Å². The summed E-state index contributed by atoms with van der Waals surface area (Å²) in [6.45, 7) is 0. The first-order valence-corrected chi connectivity index (χ1v) is 6.32. The van der Waals surface area contributed by atoms with Gasteiger partial charge in [0.15, 0.2) is 0 Å². The second-order valence-electron chi connectivity index (χ2n) is 3.42. The average molecular weight is 240 g/mol. The number of hydrogen-bond acceptors (Lipinski definition) is 3. The summed E-state index contributed by atoms with van der Waals surface area (Å²) in [7, 11) is -4.25. The van der Waals surface area contributed by atoms with Crippen LogP contribution in [0.15, 0.2) is 39.5 Å². The zero-order valence-corrected chi connectivity index (χ0v) is 9.05. The third-order valence-corrected chi connectivity index (χ3v) is 2.84. The fourth-order valence-corrected chi connectivity index (χ4v) is 2.10. The molecule has 0 spiro atoms. The van der Waals surface area contributed by atoms with E-state index in [1.165, 1.54) is 6.07 Å². The lowest BCUT2D eigenvalue weighted by molar-refractivity contribution is 0.370. The molecule has 0 saturated carbocycles. The van der Waals surface area contributed by atoms with E-state index in [0.717, 1.165) is 0 Å². The number of benzene rings is 1. The van der Waals surface area contributed by atoms with E-state index in [4.69, 9.17) is 14.2 Å². The van der Waals surface area contributed by atoms with Crippen molar-refractivity contribution in [1.82, 2.24) is 0 Å². The third kappa shape index (κ3) is 2.39. The van der Waals surface area contributed by atoms with Crippen molar-refractivity contribution < 1.29 is 18.8 Å². The summed E-state index contributed by atoms with van der Waals surface area (Å²) in [6, 6.07) is 8.25. The second-order valence-corrected chi connectivity index (χ2v) is 5.07. The van der Waals surface area contributed by atoms with Crippen molar-refractivity contribution in [2.45, 2.75) is 6.16 Å². The molecule has 16 heavy (non-hydrogen) atoms. The maximum absolute atomic E-state index is 11.4. The Labute approximate surface area is 90.5 Å². The van der Waals surface area contributed by atoms with E-state index in [9.17, 15) is 9.36 Å². The summed E-state index contributed by atoms with van der Waals surface area (Å²) in [4.78, 5) is 29.0. The lowest BCUT2D eigenvalue weighted by Gasteiger charge is -2.03. The lowest BCUT2D eigenvalue weighted by atomic mass is 10.2. The Morgan fingerprint density at radius 3 is 2.62 bits per heavy atom. The molecular formula is C10H9O5P. The van der Waals surface area contributed by atoms with Gasteiger partial charge in [-0.15, -0.1) is 0 Å². The first-order chi connectivity index (χ1) is 7.46. The summed E-state index contributed by atoms with van der Waals surface area (Å²) in [5, 5.41) is 0.644. The molecule has 0 amide bonds. The van der Waals surface area contributed by atoms with Crippen LogP contribution < -0.4 is 5.63 Å². The molecule has 0 atom stereocenters. The number of hydrogen-bond donors (Lipinski definition) is 2. The van der Waals surface area contributed by atoms with Crippen LogP contribution in [0.25, 0.3) is 11.0 Å². The van der Waals surface area contributed by atoms with Gasteiger partial charge in [-0.25, -0.2) is 4.79 Å². The van der Waals surface area contributed by atoms with E-state index in [2.05, 4.69) is 0 Å². The normalized spacial score (nSPS) is 11.9. The SMILES string of the molecule is O=c1oc2ccccc2cc1CP(=O)(O)O. The molecular weight excluding hydrogens is 231 g/mol. The summed E-state index contributed by atoms with van der Waals surface area (Å²) < 4.78 is 15.7. The quantitative estimate of drug-likeness (QED) is 0.613. The zero-order valence-electron chi connectivity index (χ0n) is 8.16. The minimum atomic E-state index is -4.25. The van der Waals surface area contributed by atoms with E-state index in [1.54, 1.807) is 24.3 Å². The van der Waals surface area contributed by atoms with Crippen LogP contribution in [0.2, 0.25) is 0 Å². The number of fused-ring (bicyclic) bond motifs is 1. The molecule has 0 aliphatic carbocycles. The van der Waals surface area contributed by atoms with Gasteiger partial charge < -0.3 is 14.2 Å². The molecule has 1 aromatic carbocycles. The molecule has 2 N–H and O–H groups in total. The van der Waals surface area contributed by atoms with Crippen LogP contribution in [-0.4, -0.2) is 9.79 Å². The van der Waals surface area contributed by atoms with Crippen LogP contribution in [0.3, 0.4) is 0 Å². The third-order valence-electron chi connectivity index (χ3n) is 2.09. The first-order valence-electron chi connectivity index (χ1n) is 4.52. The highest BCUT2D eigenvalue weighted by Gasteiger charge is 2.17. The number of para-hydroxylation sites is 1. The van der Waals surface area contributed by atoms with E-state index in [-0.39, 0.29) is 5.56 Å². The molecule has 0 aliphatic rings. The monoisotopic (exact) mass is 240 g/mol. The van der Waals surface area contributed by atoms with Crippen molar-refractivity contribution in [3.63, 3.8) is 0 Å². The molecule has 0 bridgehead atoms. The largest absolute Gasteiger partial charge is 0.423 e. The van der Waals surface area contributed by atoms with Crippen LogP contribution in [0.4, 0.5) is 0 Å². The fraction of sp³-hybridized carbons (Fsp3) is 0.100. The van der Waals surface area contributed by atoms with Gasteiger partial charge in [0, 0.05) is 5.39 Å². The molecule has 84 valence electrons. The average Bonchev–Trinajstić information content (AvgIpc) is 2.17. The van der Waals surface area contributed by atoms with Gasteiger partial charge in [-0.3, -0.25) is 4.57 Å². The fourth-order valence-electron chi connectivity index (χ4n) is 1.44. The van der Waals surface area contributed by atoms with Gasteiger partial charge in [0.2, 0.25) is 0 Å². The lowest BCUT2D eigenvalue weighted by Crippen LogP contribution is -2.07. The molecule has 0 unspecified atom stereocenters. The van der Waals surface area contributed by atoms with Crippen LogP contribution in [-0.2, 0) is 10.7 Å². The molecule has 1 heterocycles. The maximum Gasteiger partial charge on any atom is 0.340 e. The zero-order chi connectivity index (χ0) is 11.8. The second kappa shape index (κ2) is 3.87. The molecule has 2 rings (SSSR count). The van der Waals surface area contributed by atoms with Crippen molar-refractivity contribution in [1.29, 1.82) is 0 Å². The van der Waals surface area contributed by atoms with Crippen LogP contribution in [0.5, 0.6) is 0 Å². The standard InChI is InChI=1S/C10H9O5P/c11-10-8(6-16(12,13)14)5-7-3-1-2-4-9(7)15-10/h1-5H,6H2,(H2,12,13,14). The van der Waals surface area contributed by atoms with Gasteiger partial charge in [-0.1, -0.05) is 18.2 Å². The highest BCUT2D eigenvalue weighted by atomic mass is 31.2. The van der Waals surface area contributed by atoms with Gasteiger partial charge in [-0.2, -0.15) is 0 Å². The van der Waals surface area contributed by atoms with Crippen LogP contribution in [0.1, 0.15) is 5.56 Å². The minimum absolute atomic E-state index is 0.00738. The molecule has 2 aromatic rings. The summed E-state index contributed by atoms with van der Waals surface area (Å²) in [5.74, 6) is 0. The van der Waals surface area contributed by atoms with Crippen molar-refractivity contribution in [2.75, 3.05) is 0 Å². The number of rotatable bonds is 2. The molecule has 1 aromatic heterocycles. The van der Waals surface area contributed by atoms with Gasteiger partial charge in [-0.05, 0) is 12.1 Å². The highest BCUT2D eigenvalue weighted by molar-refractivity contribution is 7.50. The van der Waals surface area contributed by atoms with Crippen LogP contribution in [0, 0.1) is 0 Å². The summed E-state index contributed by atoms with van der Waals surface area (Å²) in [6.07, 6.45) is -0.597. The topological polar surface area (TPSA) is 87.7 Å². The Morgan fingerprint density at radius 2 is 1.94 bits per heavy atom. The molecule has 0 fully saturated rings. The Bertz CT molecular complexity index is 624. The Morgan fingerprint density at radius 1 is 1.25 bits per heavy atom. The van der Waals surface area contributed by atoms with Crippen molar-refractivity contribution in [2.24, 2.45) is 0 Å². The van der Waals surface area contributed by atoms with Gasteiger partial charge in [0.25, 0.3) is 0 Å². The van der Waals surface area contributed by atoms with E-state index in [1.807, 2.05) is 0 Å². The highest BCUT2D eigenvalue weighted by Crippen LogP contribution is 2.38. The molecule has 6 heteroatoms. The minimum Gasteiger partial charge on any atom is -0.423 e. The van der Waals surface area contributed by atoms with Crippen molar-refractivity contribution in [3.05, 3.63) is 46.3 Å². The molecule has 5 nitrogen and oxygen atoms in total. The van der Waals surface area contributed by atoms with E-state index >= 15 is 0 Å². The van der Waals surface area contributed by atoms with Gasteiger partial charge in [0.05, 0.1) is 11.7 Å². The summed E-state index contributed by atoms with van der Waals surface area (Å²) in [5.41, 5.74) is -0.309. The molecule has 0 radical (unpaired) electrons. The Kier molecular flexibility index (Phi) is 2.68. The van der Waals surface area contributed by atoms with Gasteiger partial charge >= 0.3 is 13.2 Å². The predicted octanol–water partition coefficient (Wildman–Crippen LogP) is 1.47. The summed E-state index contributed by atoms with van der Waals surface area (Å²) >= 11 is 0. The molecule has 0 saturated heterocycles. The van der Waals surface area contributed by atoms with Crippen LogP contribution >= 0.6 is 7.60 Å². The van der Waals surface area contributed by atoms with Crippen molar-refractivity contribution >= 4 is 18.6 Å². The van der Waals surface area contributed by atoms with Crippen molar-refractivity contribution in [3.8, 4) is 0 Å². The van der Waals surface area contributed by atoms with E-state index in [0.29, 0.717) is 11.0 Å². The Balaban J connectivity index is 2.59. The van der Waals surface area contributed by atoms with Gasteiger partial charge in [0.1, 0.15) is 5.58 Å². The maximum atomic E-state index is 11.4. The predicted molar refractivity (Wildman–Crippen MR) is 58.2 cm³/mol. The first kappa shape index (κ1) is 11.1.